The monoisotopic (exact) mass is 294 g/mol. The first-order valence-electron chi connectivity index (χ1n) is 7.30. The zero-order chi connectivity index (χ0) is 15.1. The summed E-state index contributed by atoms with van der Waals surface area (Å²) in [6, 6.07) is 0.348. The van der Waals surface area contributed by atoms with Gasteiger partial charge < -0.3 is 19.5 Å². The summed E-state index contributed by atoms with van der Waals surface area (Å²) < 4.78 is 7.37. The maximum atomic E-state index is 9.32. The summed E-state index contributed by atoms with van der Waals surface area (Å²) in [6.07, 6.45) is 5.87. The second kappa shape index (κ2) is 7.90. The minimum absolute atomic E-state index is 0.0190. The zero-order valence-corrected chi connectivity index (χ0v) is 12.3. The lowest BCUT2D eigenvalue weighted by Gasteiger charge is -2.13. The van der Waals surface area contributed by atoms with Crippen LogP contribution in [0.1, 0.15) is 26.2 Å². The molecule has 0 saturated carbocycles. The van der Waals surface area contributed by atoms with Gasteiger partial charge in [-0.15, -0.1) is 0 Å². The molecule has 2 aromatic rings. The van der Waals surface area contributed by atoms with Crippen LogP contribution in [0.25, 0.3) is 11.2 Å². The molecule has 0 aliphatic rings. The van der Waals surface area contributed by atoms with Gasteiger partial charge >= 0.3 is 6.01 Å². The number of fused-ring (bicyclic) bond motifs is 1. The Kier molecular flexibility index (Phi) is 5.89. The summed E-state index contributed by atoms with van der Waals surface area (Å²) >= 11 is 0. The number of aromatic nitrogens is 4. The Morgan fingerprint density at radius 1 is 1.33 bits per heavy atom. The average Bonchev–Trinajstić information content (AvgIpc) is 2.89. The van der Waals surface area contributed by atoms with Crippen molar-refractivity contribution in [2.75, 3.05) is 19.8 Å². The molecule has 7 heteroatoms. The molecule has 0 saturated heterocycles. The topological polar surface area (TPSA) is 93.3 Å². The van der Waals surface area contributed by atoms with Gasteiger partial charge in [-0.05, 0) is 12.8 Å². The summed E-state index contributed by atoms with van der Waals surface area (Å²) in [6.45, 7) is 3.32. The number of ether oxygens (including phenoxy) is 1. The lowest BCUT2D eigenvalue weighted by atomic mass is 10.1. The van der Waals surface area contributed by atoms with Gasteiger partial charge in [0.15, 0.2) is 5.65 Å². The van der Waals surface area contributed by atoms with E-state index in [0.29, 0.717) is 36.7 Å². The van der Waals surface area contributed by atoms with Gasteiger partial charge in [0.05, 0.1) is 19.1 Å². The van der Waals surface area contributed by atoms with E-state index in [9.17, 15) is 5.11 Å². The fourth-order valence-electron chi connectivity index (χ4n) is 2.05. The van der Waals surface area contributed by atoms with E-state index in [2.05, 4.69) is 21.9 Å². The van der Waals surface area contributed by atoms with Gasteiger partial charge in [-0.3, -0.25) is 0 Å². The molecule has 0 bridgehead atoms. The Morgan fingerprint density at radius 3 is 2.90 bits per heavy atom. The summed E-state index contributed by atoms with van der Waals surface area (Å²) in [5.41, 5.74) is 1.38. The number of imidazole rings is 1. The standard InChI is InChI=1S/C14H22N4O3/c1-2-3-6-21-14-15-7-12-13(17-14)18(10-16-12)8-11(9-20)4-5-19/h7,10-11,19-20H,2-6,8-9H2,1H3. The highest BCUT2D eigenvalue weighted by atomic mass is 16.5. The predicted molar refractivity (Wildman–Crippen MR) is 78.0 cm³/mol. The van der Waals surface area contributed by atoms with Crippen molar-refractivity contribution in [1.29, 1.82) is 0 Å². The van der Waals surface area contributed by atoms with Crippen molar-refractivity contribution in [3.05, 3.63) is 12.5 Å². The minimum Gasteiger partial charge on any atom is -0.463 e. The first kappa shape index (κ1) is 15.7. The SMILES string of the molecule is CCCCOc1ncc2ncn(CC(CO)CCO)c2n1. The summed E-state index contributed by atoms with van der Waals surface area (Å²) in [7, 11) is 0. The van der Waals surface area contributed by atoms with Crippen molar-refractivity contribution in [3.8, 4) is 6.01 Å². The van der Waals surface area contributed by atoms with Crippen LogP contribution in [0.5, 0.6) is 6.01 Å². The van der Waals surface area contributed by atoms with Crippen LogP contribution in [0.15, 0.2) is 12.5 Å². The van der Waals surface area contributed by atoms with Gasteiger partial charge in [-0.2, -0.15) is 4.98 Å². The van der Waals surface area contributed by atoms with E-state index in [4.69, 9.17) is 9.84 Å². The minimum atomic E-state index is -0.0215. The second-order valence-electron chi connectivity index (χ2n) is 5.02. The molecule has 0 fully saturated rings. The Morgan fingerprint density at radius 2 is 2.19 bits per heavy atom. The van der Waals surface area contributed by atoms with Gasteiger partial charge in [-0.1, -0.05) is 13.3 Å². The van der Waals surface area contributed by atoms with E-state index in [0.717, 1.165) is 12.8 Å². The molecule has 1 unspecified atom stereocenters. The van der Waals surface area contributed by atoms with Gasteiger partial charge in [0.2, 0.25) is 0 Å². The molecule has 2 N–H and O–H groups in total. The van der Waals surface area contributed by atoms with Crippen molar-refractivity contribution < 1.29 is 14.9 Å². The van der Waals surface area contributed by atoms with E-state index in [1.165, 1.54) is 0 Å². The highest BCUT2D eigenvalue weighted by Crippen LogP contribution is 2.15. The average molecular weight is 294 g/mol. The molecule has 2 heterocycles. The molecule has 0 aliphatic carbocycles. The third-order valence-electron chi connectivity index (χ3n) is 3.32. The van der Waals surface area contributed by atoms with E-state index >= 15 is 0 Å². The molecule has 7 nitrogen and oxygen atoms in total. The molecule has 2 rings (SSSR count). The molecule has 0 aromatic carbocycles. The van der Waals surface area contributed by atoms with E-state index < -0.39 is 0 Å². The lowest BCUT2D eigenvalue weighted by molar-refractivity contribution is 0.171. The van der Waals surface area contributed by atoms with Crippen LogP contribution in [0, 0.1) is 5.92 Å². The van der Waals surface area contributed by atoms with E-state index in [-0.39, 0.29) is 19.1 Å². The third kappa shape index (κ3) is 4.12. The van der Waals surface area contributed by atoms with Gasteiger partial charge in [-0.25, -0.2) is 9.97 Å². The third-order valence-corrected chi connectivity index (χ3v) is 3.32. The lowest BCUT2D eigenvalue weighted by Crippen LogP contribution is -2.16. The van der Waals surface area contributed by atoms with Crippen LogP contribution < -0.4 is 4.74 Å². The maximum Gasteiger partial charge on any atom is 0.318 e. The number of aliphatic hydroxyl groups excluding tert-OH is 2. The molecule has 0 radical (unpaired) electrons. The summed E-state index contributed by atoms with van der Waals surface area (Å²) in [4.78, 5) is 12.7. The van der Waals surface area contributed by atoms with Gasteiger partial charge in [0, 0.05) is 25.7 Å². The molecular weight excluding hydrogens is 272 g/mol. The number of hydrogen-bond donors (Lipinski definition) is 2. The van der Waals surface area contributed by atoms with Crippen LogP contribution in [-0.2, 0) is 6.54 Å². The first-order valence-corrected chi connectivity index (χ1v) is 7.30. The normalized spacial score (nSPS) is 12.7. The van der Waals surface area contributed by atoms with Gasteiger partial charge in [0.25, 0.3) is 0 Å². The molecule has 1 atom stereocenters. The Hall–Kier alpha value is -1.73. The fraction of sp³-hybridized carbons (Fsp3) is 0.643. The van der Waals surface area contributed by atoms with Crippen LogP contribution in [0.3, 0.4) is 0 Å². The number of nitrogens with zero attached hydrogens (tertiary/aromatic N) is 4. The van der Waals surface area contributed by atoms with Crippen LogP contribution >= 0.6 is 0 Å². The highest BCUT2D eigenvalue weighted by molar-refractivity contribution is 5.69. The Labute approximate surface area is 123 Å². The van der Waals surface area contributed by atoms with E-state index in [1.54, 1.807) is 12.5 Å². The molecule has 0 aliphatic heterocycles. The second-order valence-corrected chi connectivity index (χ2v) is 5.02. The molecule has 2 aromatic heterocycles. The van der Waals surface area contributed by atoms with E-state index in [1.807, 2.05) is 4.57 Å². The van der Waals surface area contributed by atoms with Crippen molar-refractivity contribution in [2.24, 2.45) is 5.92 Å². The highest BCUT2D eigenvalue weighted by Gasteiger charge is 2.12. The Bertz CT molecular complexity index is 558. The first-order chi connectivity index (χ1) is 10.3. The molecule has 0 amide bonds. The molecule has 116 valence electrons. The number of hydrogen-bond acceptors (Lipinski definition) is 6. The number of unbranched alkanes of at least 4 members (excludes halogenated alkanes) is 1. The molecule has 21 heavy (non-hydrogen) atoms. The molecular formula is C14H22N4O3. The summed E-state index contributed by atoms with van der Waals surface area (Å²) in [5, 5.41) is 18.3. The van der Waals surface area contributed by atoms with Crippen molar-refractivity contribution >= 4 is 11.2 Å². The van der Waals surface area contributed by atoms with Crippen molar-refractivity contribution in [3.63, 3.8) is 0 Å². The maximum absolute atomic E-state index is 9.32. The van der Waals surface area contributed by atoms with Crippen LogP contribution in [-0.4, -0.2) is 49.6 Å². The van der Waals surface area contributed by atoms with Crippen molar-refractivity contribution in [2.45, 2.75) is 32.7 Å². The predicted octanol–water partition coefficient (Wildman–Crippen LogP) is 0.996. The number of rotatable bonds is 9. The van der Waals surface area contributed by atoms with Gasteiger partial charge in [0.1, 0.15) is 5.52 Å². The van der Waals surface area contributed by atoms with Crippen LogP contribution in [0.2, 0.25) is 0 Å². The molecule has 0 spiro atoms. The van der Waals surface area contributed by atoms with Crippen molar-refractivity contribution in [1.82, 2.24) is 19.5 Å². The van der Waals surface area contributed by atoms with Crippen LogP contribution in [0.4, 0.5) is 0 Å². The quantitative estimate of drug-likeness (QED) is 0.670. The summed E-state index contributed by atoms with van der Waals surface area (Å²) in [5.74, 6) is -0.0215. The smallest absolute Gasteiger partial charge is 0.318 e. The Balaban J connectivity index is 2.14. The number of aliphatic hydroxyl groups is 2. The fourth-order valence-corrected chi connectivity index (χ4v) is 2.05. The zero-order valence-electron chi connectivity index (χ0n) is 12.3. The largest absolute Gasteiger partial charge is 0.463 e.